The topological polar surface area (TPSA) is 24.9 Å². The van der Waals surface area contributed by atoms with E-state index in [1.54, 1.807) is 11.3 Å². The predicted molar refractivity (Wildman–Crippen MR) is 65.8 cm³/mol. The minimum absolute atomic E-state index is 0.728. The van der Waals surface area contributed by atoms with E-state index in [2.05, 4.69) is 29.8 Å². The first-order chi connectivity index (χ1) is 7.38. The van der Waals surface area contributed by atoms with Gasteiger partial charge in [-0.2, -0.15) is 0 Å². The van der Waals surface area contributed by atoms with Crippen LogP contribution in [0.15, 0.2) is 17.5 Å². The molecule has 0 bridgehead atoms. The highest BCUT2D eigenvalue weighted by molar-refractivity contribution is 7.17. The summed E-state index contributed by atoms with van der Waals surface area (Å²) in [6.45, 7) is 3.11. The largest absolute Gasteiger partial charge is 0.384 e. The van der Waals surface area contributed by atoms with Crippen LogP contribution in [0.3, 0.4) is 0 Å². The van der Waals surface area contributed by atoms with Crippen LogP contribution in [0, 0.1) is 0 Å². The average Bonchev–Trinajstić information content (AvgIpc) is 2.98. The molecule has 1 aliphatic rings. The SMILES string of the molecule is CCNc1cc(C2CC2)nc2ccsc12. The van der Waals surface area contributed by atoms with Crippen molar-refractivity contribution in [1.29, 1.82) is 0 Å². The second-order valence-electron chi connectivity index (χ2n) is 4.03. The van der Waals surface area contributed by atoms with Crippen LogP contribution in [0.25, 0.3) is 10.2 Å². The lowest BCUT2D eigenvalue weighted by Gasteiger charge is -2.07. The molecule has 0 unspecified atom stereocenters. The van der Waals surface area contributed by atoms with Gasteiger partial charge in [0.15, 0.2) is 0 Å². The Bertz CT molecular complexity index is 485. The molecule has 3 rings (SSSR count). The number of nitrogens with zero attached hydrogens (tertiary/aromatic N) is 1. The average molecular weight is 218 g/mol. The third kappa shape index (κ3) is 1.61. The molecule has 2 aromatic heterocycles. The van der Waals surface area contributed by atoms with Crippen molar-refractivity contribution < 1.29 is 0 Å². The van der Waals surface area contributed by atoms with Gasteiger partial charge in [-0.1, -0.05) is 0 Å². The summed E-state index contributed by atoms with van der Waals surface area (Å²) in [5, 5.41) is 5.55. The highest BCUT2D eigenvalue weighted by Gasteiger charge is 2.26. The Morgan fingerprint density at radius 2 is 2.40 bits per heavy atom. The Balaban J connectivity index is 2.14. The molecule has 0 atom stereocenters. The molecule has 0 spiro atoms. The van der Waals surface area contributed by atoms with Gasteiger partial charge < -0.3 is 5.32 Å². The molecule has 1 saturated carbocycles. The minimum Gasteiger partial charge on any atom is -0.384 e. The lowest BCUT2D eigenvalue weighted by atomic mass is 10.2. The maximum Gasteiger partial charge on any atom is 0.0834 e. The summed E-state index contributed by atoms with van der Waals surface area (Å²) in [6, 6.07) is 4.35. The fourth-order valence-electron chi connectivity index (χ4n) is 1.89. The summed E-state index contributed by atoms with van der Waals surface area (Å²) < 4.78 is 1.29. The fraction of sp³-hybridized carbons (Fsp3) is 0.417. The van der Waals surface area contributed by atoms with Crippen molar-refractivity contribution in [3.63, 3.8) is 0 Å². The van der Waals surface area contributed by atoms with Crippen LogP contribution < -0.4 is 5.32 Å². The molecular formula is C12H14N2S. The summed E-state index contributed by atoms with van der Waals surface area (Å²) in [6.07, 6.45) is 2.63. The third-order valence-corrected chi connectivity index (χ3v) is 3.73. The van der Waals surface area contributed by atoms with Gasteiger partial charge in [0, 0.05) is 18.2 Å². The Hall–Kier alpha value is -1.09. The van der Waals surface area contributed by atoms with Gasteiger partial charge in [-0.05, 0) is 37.3 Å². The van der Waals surface area contributed by atoms with Gasteiger partial charge in [0.05, 0.1) is 15.9 Å². The highest BCUT2D eigenvalue weighted by atomic mass is 32.1. The molecule has 3 heteroatoms. The Kier molecular flexibility index (Phi) is 2.13. The summed E-state index contributed by atoms with van der Waals surface area (Å²) in [4.78, 5) is 4.71. The summed E-state index contributed by atoms with van der Waals surface area (Å²) >= 11 is 1.77. The molecule has 15 heavy (non-hydrogen) atoms. The summed E-state index contributed by atoms with van der Waals surface area (Å²) in [5.74, 6) is 0.728. The molecule has 2 heterocycles. The van der Waals surface area contributed by atoms with Crippen molar-refractivity contribution in [1.82, 2.24) is 4.98 Å². The van der Waals surface area contributed by atoms with Gasteiger partial charge >= 0.3 is 0 Å². The molecule has 0 saturated heterocycles. The maximum atomic E-state index is 4.71. The van der Waals surface area contributed by atoms with Crippen LogP contribution in [-0.4, -0.2) is 11.5 Å². The first-order valence-corrected chi connectivity index (χ1v) is 6.38. The van der Waals surface area contributed by atoms with Crippen molar-refractivity contribution in [2.45, 2.75) is 25.7 Å². The van der Waals surface area contributed by atoms with Crippen molar-refractivity contribution in [2.24, 2.45) is 0 Å². The maximum absolute atomic E-state index is 4.71. The van der Waals surface area contributed by atoms with Gasteiger partial charge in [0.25, 0.3) is 0 Å². The van der Waals surface area contributed by atoms with Crippen LogP contribution in [0.2, 0.25) is 0 Å². The number of fused-ring (bicyclic) bond motifs is 1. The Morgan fingerprint density at radius 1 is 1.53 bits per heavy atom. The van der Waals surface area contributed by atoms with Crippen molar-refractivity contribution in [2.75, 3.05) is 11.9 Å². The molecule has 1 aliphatic carbocycles. The van der Waals surface area contributed by atoms with Gasteiger partial charge in [-0.3, -0.25) is 4.98 Å². The minimum atomic E-state index is 0.728. The lowest BCUT2D eigenvalue weighted by Crippen LogP contribution is -1.98. The smallest absolute Gasteiger partial charge is 0.0834 e. The number of rotatable bonds is 3. The second-order valence-corrected chi connectivity index (χ2v) is 4.95. The van der Waals surface area contributed by atoms with E-state index in [9.17, 15) is 0 Å². The Morgan fingerprint density at radius 3 is 3.13 bits per heavy atom. The number of hydrogen-bond donors (Lipinski definition) is 1. The Labute approximate surface area is 93.3 Å². The number of anilines is 1. The van der Waals surface area contributed by atoms with E-state index in [1.165, 1.54) is 28.9 Å². The first-order valence-electron chi connectivity index (χ1n) is 5.50. The van der Waals surface area contributed by atoms with E-state index in [0.29, 0.717) is 0 Å². The quantitative estimate of drug-likeness (QED) is 0.851. The van der Waals surface area contributed by atoms with E-state index in [-0.39, 0.29) is 0 Å². The highest BCUT2D eigenvalue weighted by Crippen LogP contribution is 2.41. The predicted octanol–water partition coefficient (Wildman–Crippen LogP) is 3.61. The molecule has 0 aliphatic heterocycles. The number of aromatic nitrogens is 1. The molecule has 78 valence electrons. The van der Waals surface area contributed by atoms with Gasteiger partial charge in [-0.25, -0.2) is 0 Å². The zero-order chi connectivity index (χ0) is 10.3. The molecule has 1 fully saturated rings. The zero-order valence-corrected chi connectivity index (χ0v) is 9.60. The van der Waals surface area contributed by atoms with E-state index in [1.807, 2.05) is 0 Å². The van der Waals surface area contributed by atoms with Crippen LogP contribution in [-0.2, 0) is 0 Å². The first kappa shape index (κ1) is 9.16. The number of hydrogen-bond acceptors (Lipinski definition) is 3. The molecule has 2 aromatic rings. The van der Waals surface area contributed by atoms with Gasteiger partial charge in [0.2, 0.25) is 0 Å². The summed E-state index contributed by atoms with van der Waals surface area (Å²) in [7, 11) is 0. The molecule has 2 nitrogen and oxygen atoms in total. The standard InChI is InChI=1S/C12H14N2S/c1-2-13-11-7-10(8-3-4-8)14-9-5-6-15-12(9)11/h5-8H,2-4H2,1H3,(H,13,14). The van der Waals surface area contributed by atoms with Crippen LogP contribution in [0.5, 0.6) is 0 Å². The van der Waals surface area contributed by atoms with E-state index in [4.69, 9.17) is 4.98 Å². The summed E-state index contributed by atoms with van der Waals surface area (Å²) in [5.41, 5.74) is 3.69. The number of nitrogens with one attached hydrogen (secondary N) is 1. The van der Waals surface area contributed by atoms with Crippen LogP contribution >= 0.6 is 11.3 Å². The molecular weight excluding hydrogens is 204 g/mol. The molecule has 0 radical (unpaired) electrons. The van der Waals surface area contributed by atoms with E-state index in [0.717, 1.165) is 18.0 Å². The van der Waals surface area contributed by atoms with Crippen molar-refractivity contribution in [3.8, 4) is 0 Å². The second kappa shape index (κ2) is 3.49. The molecule has 0 amide bonds. The zero-order valence-electron chi connectivity index (χ0n) is 8.79. The lowest BCUT2D eigenvalue weighted by molar-refractivity contribution is 1.04. The van der Waals surface area contributed by atoms with Crippen LogP contribution in [0.1, 0.15) is 31.4 Å². The van der Waals surface area contributed by atoms with Crippen molar-refractivity contribution in [3.05, 3.63) is 23.2 Å². The van der Waals surface area contributed by atoms with Crippen LogP contribution in [0.4, 0.5) is 5.69 Å². The van der Waals surface area contributed by atoms with Gasteiger partial charge in [-0.15, -0.1) is 11.3 Å². The van der Waals surface area contributed by atoms with Crippen molar-refractivity contribution >= 4 is 27.2 Å². The van der Waals surface area contributed by atoms with E-state index >= 15 is 0 Å². The fourth-order valence-corrected chi connectivity index (χ4v) is 2.71. The third-order valence-electron chi connectivity index (χ3n) is 2.79. The number of pyridine rings is 1. The molecule has 1 N–H and O–H groups in total. The van der Waals surface area contributed by atoms with E-state index < -0.39 is 0 Å². The number of thiophene rings is 1. The normalized spacial score (nSPS) is 15.8. The molecule has 0 aromatic carbocycles. The van der Waals surface area contributed by atoms with Gasteiger partial charge in [0.1, 0.15) is 0 Å². The monoisotopic (exact) mass is 218 g/mol.